The van der Waals surface area contributed by atoms with Crippen molar-refractivity contribution in [1.29, 1.82) is 0 Å². The van der Waals surface area contributed by atoms with Crippen molar-refractivity contribution >= 4 is 0 Å². The lowest BCUT2D eigenvalue weighted by atomic mass is 9.68. The molecule has 2 aliphatic carbocycles. The van der Waals surface area contributed by atoms with Crippen LogP contribution in [0.2, 0.25) is 0 Å². The molecule has 2 fully saturated rings. The van der Waals surface area contributed by atoms with E-state index in [-0.39, 0.29) is 11.7 Å². The summed E-state index contributed by atoms with van der Waals surface area (Å²) in [6.45, 7) is 5.28. The van der Waals surface area contributed by atoms with E-state index in [0.717, 1.165) is 44.1 Å². The van der Waals surface area contributed by atoms with Crippen LogP contribution >= 0.6 is 0 Å². The van der Waals surface area contributed by atoms with Crippen molar-refractivity contribution < 1.29 is 18.3 Å². The molecule has 2 nitrogen and oxygen atoms in total. The molecule has 3 aliphatic rings. The number of halogens is 2. The van der Waals surface area contributed by atoms with Gasteiger partial charge in [-0.1, -0.05) is 19.4 Å². The lowest BCUT2D eigenvalue weighted by Gasteiger charge is -2.39. The van der Waals surface area contributed by atoms with E-state index < -0.39 is 11.6 Å². The molecule has 4 heteroatoms. The molecule has 1 aliphatic heterocycles. The van der Waals surface area contributed by atoms with Crippen molar-refractivity contribution in [2.24, 2.45) is 23.7 Å². The van der Waals surface area contributed by atoms with Gasteiger partial charge in [-0.15, -0.1) is 0 Å². The first-order valence-corrected chi connectivity index (χ1v) is 13.0. The van der Waals surface area contributed by atoms with Crippen LogP contribution in [0.15, 0.2) is 24.0 Å². The Morgan fingerprint density at radius 2 is 1.53 bits per heavy atom. The first-order valence-electron chi connectivity index (χ1n) is 13.0. The molecule has 32 heavy (non-hydrogen) atoms. The molecule has 0 aromatic heterocycles. The van der Waals surface area contributed by atoms with Crippen LogP contribution in [0.5, 0.6) is 5.75 Å². The van der Waals surface area contributed by atoms with Gasteiger partial charge in [-0.2, -0.15) is 4.39 Å². The summed E-state index contributed by atoms with van der Waals surface area (Å²) < 4.78 is 40.3. The number of benzene rings is 1. The van der Waals surface area contributed by atoms with Crippen LogP contribution < -0.4 is 4.74 Å². The second-order valence-corrected chi connectivity index (χ2v) is 10.2. The first kappa shape index (κ1) is 23.6. The molecular formula is C28H40F2O2. The van der Waals surface area contributed by atoms with Crippen molar-refractivity contribution in [1.82, 2.24) is 0 Å². The lowest BCUT2D eigenvalue weighted by Crippen LogP contribution is -2.27. The van der Waals surface area contributed by atoms with Crippen molar-refractivity contribution in [3.63, 3.8) is 0 Å². The fraction of sp³-hybridized carbons (Fsp3) is 0.714. The van der Waals surface area contributed by atoms with Crippen LogP contribution in [0.1, 0.15) is 96.0 Å². The Labute approximate surface area is 192 Å². The second-order valence-electron chi connectivity index (χ2n) is 10.2. The molecule has 1 atom stereocenters. The molecule has 0 saturated heterocycles. The van der Waals surface area contributed by atoms with E-state index in [4.69, 9.17) is 9.47 Å². The third-order valence-corrected chi connectivity index (χ3v) is 8.26. The zero-order valence-corrected chi connectivity index (χ0v) is 19.9. The molecule has 178 valence electrons. The van der Waals surface area contributed by atoms with Crippen molar-refractivity contribution in [2.75, 3.05) is 13.2 Å². The highest BCUT2D eigenvalue weighted by molar-refractivity contribution is 5.33. The topological polar surface area (TPSA) is 18.5 Å². The molecule has 0 N–H and O–H groups in total. The fourth-order valence-electron chi connectivity index (χ4n) is 6.42. The van der Waals surface area contributed by atoms with Crippen LogP contribution in [0.25, 0.3) is 0 Å². The first-order chi connectivity index (χ1) is 15.6. The third kappa shape index (κ3) is 5.31. The Balaban J connectivity index is 1.26. The maximum atomic E-state index is 14.6. The SMILES string of the molecule is CCCC1CC=C(C2CCC(C3CCC(c4ccc(OCC)c(F)c4F)CC3)CC2)OC1. The molecule has 1 heterocycles. The highest BCUT2D eigenvalue weighted by Crippen LogP contribution is 2.46. The smallest absolute Gasteiger partial charge is 0.200 e. The maximum absolute atomic E-state index is 14.6. The number of ether oxygens (including phenoxy) is 2. The van der Waals surface area contributed by atoms with E-state index in [9.17, 15) is 8.78 Å². The van der Waals surface area contributed by atoms with Crippen LogP contribution in [0.3, 0.4) is 0 Å². The van der Waals surface area contributed by atoms with E-state index in [1.807, 2.05) is 0 Å². The molecule has 4 rings (SSSR count). The Bertz CT molecular complexity index is 774. The van der Waals surface area contributed by atoms with Crippen molar-refractivity contribution in [2.45, 2.75) is 90.4 Å². The van der Waals surface area contributed by atoms with Gasteiger partial charge >= 0.3 is 0 Å². The monoisotopic (exact) mass is 446 g/mol. The van der Waals surface area contributed by atoms with Gasteiger partial charge in [0.2, 0.25) is 5.82 Å². The minimum atomic E-state index is -0.829. The molecule has 1 aromatic rings. The number of allylic oxidation sites excluding steroid dienone is 2. The average molecular weight is 447 g/mol. The van der Waals surface area contributed by atoms with E-state index in [1.165, 1.54) is 50.7 Å². The van der Waals surface area contributed by atoms with Gasteiger partial charge in [-0.05, 0) is 113 Å². The highest BCUT2D eigenvalue weighted by atomic mass is 19.2. The summed E-state index contributed by atoms with van der Waals surface area (Å²) in [6, 6.07) is 3.33. The molecule has 0 amide bonds. The quantitative estimate of drug-likeness (QED) is 0.420. The predicted molar refractivity (Wildman–Crippen MR) is 125 cm³/mol. The summed E-state index contributed by atoms with van der Waals surface area (Å²) in [5, 5.41) is 0. The molecule has 0 spiro atoms. The minimum absolute atomic E-state index is 0.0251. The van der Waals surface area contributed by atoms with E-state index in [0.29, 0.717) is 24.0 Å². The molecule has 0 radical (unpaired) electrons. The van der Waals surface area contributed by atoms with Crippen LogP contribution in [-0.2, 0) is 4.74 Å². The van der Waals surface area contributed by atoms with Gasteiger partial charge in [0.15, 0.2) is 11.6 Å². The summed E-state index contributed by atoms with van der Waals surface area (Å²) in [7, 11) is 0. The maximum Gasteiger partial charge on any atom is 0.200 e. The minimum Gasteiger partial charge on any atom is -0.498 e. The zero-order chi connectivity index (χ0) is 22.5. The van der Waals surface area contributed by atoms with E-state index in [1.54, 1.807) is 19.1 Å². The van der Waals surface area contributed by atoms with Crippen LogP contribution in [-0.4, -0.2) is 13.2 Å². The zero-order valence-electron chi connectivity index (χ0n) is 19.9. The molecule has 0 bridgehead atoms. The van der Waals surface area contributed by atoms with Gasteiger partial charge in [0.1, 0.15) is 0 Å². The normalized spacial score (nSPS) is 31.0. The van der Waals surface area contributed by atoms with Crippen molar-refractivity contribution in [3.8, 4) is 5.75 Å². The Kier molecular flexibility index (Phi) is 8.12. The Morgan fingerprint density at radius 1 is 0.875 bits per heavy atom. The van der Waals surface area contributed by atoms with Crippen molar-refractivity contribution in [3.05, 3.63) is 41.2 Å². The summed E-state index contributed by atoms with van der Waals surface area (Å²) in [4.78, 5) is 0. The summed E-state index contributed by atoms with van der Waals surface area (Å²) in [6.07, 6.45) is 15.3. The molecule has 1 unspecified atom stereocenters. The van der Waals surface area contributed by atoms with Gasteiger partial charge in [0.05, 0.1) is 19.0 Å². The third-order valence-electron chi connectivity index (χ3n) is 8.26. The van der Waals surface area contributed by atoms with Gasteiger partial charge < -0.3 is 9.47 Å². The van der Waals surface area contributed by atoms with Gasteiger partial charge in [-0.3, -0.25) is 0 Å². The molecule has 2 saturated carbocycles. The highest BCUT2D eigenvalue weighted by Gasteiger charge is 2.34. The largest absolute Gasteiger partial charge is 0.498 e. The Hall–Kier alpha value is -1.58. The van der Waals surface area contributed by atoms with Gasteiger partial charge in [0.25, 0.3) is 0 Å². The standard InChI is InChI=1S/C28H40F2O2/c1-3-5-19-6-16-25(32-18-19)23-13-9-21(10-14-23)20-7-11-22(12-8-20)24-15-17-26(31-4-2)28(30)27(24)29/h15-17,19-23H,3-14,18H2,1-2H3. The lowest BCUT2D eigenvalue weighted by molar-refractivity contribution is 0.0894. The van der Waals surface area contributed by atoms with Crippen LogP contribution in [0, 0.1) is 35.3 Å². The fourth-order valence-corrected chi connectivity index (χ4v) is 6.42. The summed E-state index contributed by atoms with van der Waals surface area (Å²) >= 11 is 0. The van der Waals surface area contributed by atoms with Crippen LogP contribution in [0.4, 0.5) is 8.78 Å². The summed E-state index contributed by atoms with van der Waals surface area (Å²) in [5.74, 6) is 2.74. The Morgan fingerprint density at radius 3 is 2.09 bits per heavy atom. The average Bonchev–Trinajstić information content (AvgIpc) is 2.83. The second kappa shape index (κ2) is 11.0. The molecule has 1 aromatic carbocycles. The summed E-state index contributed by atoms with van der Waals surface area (Å²) in [5.41, 5.74) is 0.538. The van der Waals surface area contributed by atoms with E-state index >= 15 is 0 Å². The number of hydrogen-bond acceptors (Lipinski definition) is 2. The molecular weight excluding hydrogens is 406 g/mol. The number of hydrogen-bond donors (Lipinski definition) is 0. The van der Waals surface area contributed by atoms with E-state index in [2.05, 4.69) is 13.0 Å². The van der Waals surface area contributed by atoms with Gasteiger partial charge in [0, 0.05) is 5.92 Å². The number of rotatable bonds is 7. The predicted octanol–water partition coefficient (Wildman–Crippen LogP) is 8.16. The van der Waals surface area contributed by atoms with Gasteiger partial charge in [-0.25, -0.2) is 4.39 Å².